The van der Waals surface area contributed by atoms with E-state index in [9.17, 15) is 18.0 Å². The summed E-state index contributed by atoms with van der Waals surface area (Å²) < 4.78 is 39.7. The zero-order chi connectivity index (χ0) is 26.4. The van der Waals surface area contributed by atoms with Crippen molar-refractivity contribution in [3.63, 3.8) is 0 Å². The maximum Gasteiger partial charge on any atom is 0.341 e. The van der Waals surface area contributed by atoms with Crippen LogP contribution in [-0.2, 0) is 19.6 Å². The topological polar surface area (TPSA) is 111 Å². The third kappa shape index (κ3) is 6.56. The standard InChI is InChI=1S/C26H21BrN2O6S2/c1-34-19-11-7-10-18(16-19)28-25(30)24(17-8-3-2-4-9-17)35-26(31)20-12-5-6-13-21(20)29-37(32,33)23-15-14-22(27)36-23/h2-16,24,29H,1H3,(H,28,30). The minimum absolute atomic E-state index is 0.0250. The second-order valence-electron chi connectivity index (χ2n) is 7.63. The molecule has 2 N–H and O–H groups in total. The third-order valence-corrected chi connectivity index (χ3v) is 8.59. The molecule has 37 heavy (non-hydrogen) atoms. The number of anilines is 2. The summed E-state index contributed by atoms with van der Waals surface area (Å²) >= 11 is 4.28. The van der Waals surface area contributed by atoms with Crippen LogP contribution in [0.5, 0.6) is 5.75 Å². The van der Waals surface area contributed by atoms with E-state index in [0.717, 1.165) is 11.3 Å². The van der Waals surface area contributed by atoms with Crippen LogP contribution in [-0.4, -0.2) is 27.4 Å². The highest BCUT2D eigenvalue weighted by Crippen LogP contribution is 2.30. The number of halogens is 1. The Hall–Kier alpha value is -3.67. The first-order valence-electron chi connectivity index (χ1n) is 10.8. The normalized spacial score (nSPS) is 11.8. The largest absolute Gasteiger partial charge is 0.497 e. The molecular formula is C26H21BrN2O6S2. The van der Waals surface area contributed by atoms with Crippen LogP contribution < -0.4 is 14.8 Å². The highest BCUT2D eigenvalue weighted by Gasteiger charge is 2.28. The van der Waals surface area contributed by atoms with Crippen LogP contribution in [0.15, 0.2) is 99.0 Å². The molecule has 0 aliphatic heterocycles. The van der Waals surface area contributed by atoms with Crippen molar-refractivity contribution >= 4 is 60.5 Å². The van der Waals surface area contributed by atoms with Gasteiger partial charge in [0.1, 0.15) is 9.96 Å². The first kappa shape index (κ1) is 26.4. The van der Waals surface area contributed by atoms with E-state index in [1.54, 1.807) is 72.8 Å². The molecule has 4 rings (SSSR count). The SMILES string of the molecule is COc1cccc(NC(=O)C(OC(=O)c2ccccc2NS(=O)(=O)c2ccc(Br)s2)c2ccccc2)c1. The summed E-state index contributed by atoms with van der Waals surface area (Å²) in [6.07, 6.45) is -1.31. The summed E-state index contributed by atoms with van der Waals surface area (Å²) in [5.74, 6) is -0.917. The Morgan fingerprint density at radius 1 is 0.919 bits per heavy atom. The van der Waals surface area contributed by atoms with Crippen molar-refractivity contribution in [1.82, 2.24) is 0 Å². The lowest BCUT2D eigenvalue weighted by atomic mass is 10.1. The number of thiophene rings is 1. The fourth-order valence-corrected chi connectivity index (χ4v) is 6.46. The summed E-state index contributed by atoms with van der Waals surface area (Å²) in [5.41, 5.74) is 0.878. The van der Waals surface area contributed by atoms with Crippen molar-refractivity contribution in [2.75, 3.05) is 17.1 Å². The molecule has 0 aliphatic rings. The average molecular weight is 602 g/mol. The van der Waals surface area contributed by atoms with Crippen LogP contribution in [0.25, 0.3) is 0 Å². The van der Waals surface area contributed by atoms with E-state index < -0.39 is 28.0 Å². The Morgan fingerprint density at radius 3 is 2.35 bits per heavy atom. The Balaban J connectivity index is 1.60. The molecule has 0 bridgehead atoms. The molecule has 1 amide bonds. The number of carbonyl (C=O) groups is 2. The van der Waals surface area contributed by atoms with Crippen molar-refractivity contribution in [2.24, 2.45) is 0 Å². The number of methoxy groups -OCH3 is 1. The van der Waals surface area contributed by atoms with Crippen LogP contribution in [0.1, 0.15) is 22.0 Å². The maximum absolute atomic E-state index is 13.3. The Labute approximate surface area is 226 Å². The summed E-state index contributed by atoms with van der Waals surface area (Å²) in [6, 6.07) is 24.4. The van der Waals surface area contributed by atoms with Gasteiger partial charge >= 0.3 is 5.97 Å². The predicted molar refractivity (Wildman–Crippen MR) is 145 cm³/mol. The van der Waals surface area contributed by atoms with Crippen LogP contribution in [0.2, 0.25) is 0 Å². The van der Waals surface area contributed by atoms with Crippen molar-refractivity contribution in [3.05, 3.63) is 106 Å². The number of hydrogen-bond donors (Lipinski definition) is 2. The van der Waals surface area contributed by atoms with Gasteiger partial charge in [-0.05, 0) is 52.3 Å². The predicted octanol–water partition coefficient (Wildman–Crippen LogP) is 5.86. The van der Waals surface area contributed by atoms with Gasteiger partial charge in [-0.3, -0.25) is 9.52 Å². The smallest absolute Gasteiger partial charge is 0.341 e. The number of sulfonamides is 1. The number of hydrogen-bond acceptors (Lipinski definition) is 7. The molecule has 1 unspecified atom stereocenters. The van der Waals surface area contributed by atoms with Crippen molar-refractivity contribution in [2.45, 2.75) is 10.3 Å². The van der Waals surface area contributed by atoms with E-state index in [0.29, 0.717) is 20.8 Å². The summed E-state index contributed by atoms with van der Waals surface area (Å²) in [5, 5.41) is 2.74. The summed E-state index contributed by atoms with van der Waals surface area (Å²) in [6.45, 7) is 0. The van der Waals surface area contributed by atoms with Gasteiger partial charge in [-0.2, -0.15) is 0 Å². The lowest BCUT2D eigenvalue weighted by Gasteiger charge is -2.19. The second kappa shape index (κ2) is 11.6. The number of para-hydroxylation sites is 1. The lowest BCUT2D eigenvalue weighted by molar-refractivity contribution is -0.125. The van der Waals surface area contributed by atoms with Crippen molar-refractivity contribution < 1.29 is 27.5 Å². The molecule has 0 spiro atoms. The number of rotatable bonds is 9. The number of nitrogens with one attached hydrogen (secondary N) is 2. The number of amides is 1. The molecule has 8 nitrogen and oxygen atoms in total. The highest BCUT2D eigenvalue weighted by atomic mass is 79.9. The minimum atomic E-state index is -3.95. The van der Waals surface area contributed by atoms with Gasteiger partial charge in [0.05, 0.1) is 22.1 Å². The number of benzene rings is 3. The zero-order valence-corrected chi connectivity index (χ0v) is 22.6. The average Bonchev–Trinajstić information content (AvgIpc) is 3.35. The lowest BCUT2D eigenvalue weighted by Crippen LogP contribution is -2.26. The van der Waals surface area contributed by atoms with Crippen LogP contribution in [0, 0.1) is 0 Å². The van der Waals surface area contributed by atoms with Gasteiger partial charge in [0.15, 0.2) is 0 Å². The summed E-state index contributed by atoms with van der Waals surface area (Å²) in [7, 11) is -2.44. The van der Waals surface area contributed by atoms with Gasteiger partial charge in [0.2, 0.25) is 6.10 Å². The fourth-order valence-electron chi connectivity index (χ4n) is 3.37. The van der Waals surface area contributed by atoms with E-state index in [1.165, 1.54) is 25.3 Å². The fraction of sp³-hybridized carbons (Fsp3) is 0.0769. The van der Waals surface area contributed by atoms with Crippen molar-refractivity contribution in [3.8, 4) is 5.75 Å². The first-order chi connectivity index (χ1) is 17.8. The molecule has 4 aromatic rings. The molecule has 0 saturated heterocycles. The molecule has 1 atom stereocenters. The van der Waals surface area contributed by atoms with E-state index in [4.69, 9.17) is 9.47 Å². The summed E-state index contributed by atoms with van der Waals surface area (Å²) in [4.78, 5) is 26.5. The number of carbonyl (C=O) groups excluding carboxylic acids is 2. The Morgan fingerprint density at radius 2 is 1.65 bits per heavy atom. The molecule has 190 valence electrons. The molecular weight excluding hydrogens is 580 g/mol. The van der Waals surface area contributed by atoms with Crippen LogP contribution >= 0.6 is 27.3 Å². The monoisotopic (exact) mass is 600 g/mol. The quantitative estimate of drug-likeness (QED) is 0.233. The molecule has 1 aromatic heterocycles. The van der Waals surface area contributed by atoms with Gasteiger partial charge < -0.3 is 14.8 Å². The molecule has 0 radical (unpaired) electrons. The van der Waals surface area contributed by atoms with E-state index in [1.807, 2.05) is 0 Å². The Bertz CT molecular complexity index is 1520. The van der Waals surface area contributed by atoms with Gasteiger partial charge in [0, 0.05) is 17.3 Å². The molecule has 11 heteroatoms. The zero-order valence-electron chi connectivity index (χ0n) is 19.4. The van der Waals surface area contributed by atoms with E-state index >= 15 is 0 Å². The van der Waals surface area contributed by atoms with Gasteiger partial charge in [0.25, 0.3) is 15.9 Å². The molecule has 0 saturated carbocycles. The second-order valence-corrected chi connectivity index (χ2v) is 12.0. The Kier molecular flexibility index (Phi) is 8.27. The number of esters is 1. The van der Waals surface area contributed by atoms with Crippen LogP contribution in [0.3, 0.4) is 0 Å². The van der Waals surface area contributed by atoms with Crippen molar-refractivity contribution in [1.29, 1.82) is 0 Å². The van der Waals surface area contributed by atoms with Gasteiger partial charge in [-0.15, -0.1) is 11.3 Å². The maximum atomic E-state index is 13.3. The van der Waals surface area contributed by atoms with Crippen LogP contribution in [0.4, 0.5) is 11.4 Å². The number of ether oxygens (including phenoxy) is 2. The molecule has 0 fully saturated rings. The van der Waals surface area contributed by atoms with Gasteiger partial charge in [-0.1, -0.05) is 48.5 Å². The minimum Gasteiger partial charge on any atom is -0.497 e. The molecule has 3 aromatic carbocycles. The third-order valence-electron chi connectivity index (χ3n) is 5.11. The first-order valence-corrected chi connectivity index (χ1v) is 13.9. The van der Waals surface area contributed by atoms with E-state index in [-0.39, 0.29) is 15.5 Å². The molecule has 0 aliphatic carbocycles. The highest BCUT2D eigenvalue weighted by molar-refractivity contribution is 9.11. The van der Waals surface area contributed by atoms with E-state index in [2.05, 4.69) is 26.0 Å². The van der Waals surface area contributed by atoms with Gasteiger partial charge in [-0.25, -0.2) is 13.2 Å². The molecule has 1 heterocycles.